The summed E-state index contributed by atoms with van der Waals surface area (Å²) in [4.78, 5) is 3.97. The molecule has 1 aromatic heterocycles. The number of nitrogens with zero attached hydrogens (tertiary/aromatic N) is 1. The fourth-order valence-corrected chi connectivity index (χ4v) is 1.98. The van der Waals surface area contributed by atoms with E-state index in [1.165, 1.54) is 5.56 Å². The van der Waals surface area contributed by atoms with Gasteiger partial charge in [-0.1, -0.05) is 37.6 Å². The minimum Gasteiger partial charge on any atom is -0.489 e. The van der Waals surface area contributed by atoms with Crippen LogP contribution in [0.5, 0.6) is 5.75 Å². The van der Waals surface area contributed by atoms with Gasteiger partial charge in [-0.25, -0.2) is 0 Å². The van der Waals surface area contributed by atoms with Crippen LogP contribution >= 0.6 is 11.6 Å². The second-order valence-corrected chi connectivity index (χ2v) is 5.34. The van der Waals surface area contributed by atoms with Gasteiger partial charge in [-0.15, -0.1) is 0 Å². The molecule has 1 heterocycles. The molecule has 0 saturated carbocycles. The summed E-state index contributed by atoms with van der Waals surface area (Å²) >= 11 is 6.07. The SMILES string of the molecule is Cc1ccc(C(C)C)cc1OCc1ccncc1Cl. The van der Waals surface area contributed by atoms with Crippen molar-refractivity contribution in [2.75, 3.05) is 0 Å². The summed E-state index contributed by atoms with van der Waals surface area (Å²) in [6.07, 6.45) is 3.36. The van der Waals surface area contributed by atoms with Crippen molar-refractivity contribution in [3.63, 3.8) is 0 Å². The molecule has 100 valence electrons. The van der Waals surface area contributed by atoms with Gasteiger partial charge in [-0.3, -0.25) is 4.98 Å². The first-order chi connectivity index (χ1) is 9.08. The van der Waals surface area contributed by atoms with Crippen molar-refractivity contribution in [3.8, 4) is 5.75 Å². The van der Waals surface area contributed by atoms with Crippen LogP contribution in [0.2, 0.25) is 5.02 Å². The monoisotopic (exact) mass is 275 g/mol. The largest absolute Gasteiger partial charge is 0.489 e. The maximum absolute atomic E-state index is 6.07. The summed E-state index contributed by atoms with van der Waals surface area (Å²) in [7, 11) is 0. The fourth-order valence-electron chi connectivity index (χ4n) is 1.81. The Labute approximate surface area is 119 Å². The van der Waals surface area contributed by atoms with Crippen molar-refractivity contribution in [1.29, 1.82) is 0 Å². The van der Waals surface area contributed by atoms with E-state index in [9.17, 15) is 0 Å². The van der Waals surface area contributed by atoms with Crippen LogP contribution in [0.15, 0.2) is 36.7 Å². The van der Waals surface area contributed by atoms with Gasteiger partial charge in [0, 0.05) is 18.0 Å². The van der Waals surface area contributed by atoms with E-state index in [1.54, 1.807) is 12.4 Å². The Morgan fingerprint density at radius 3 is 2.74 bits per heavy atom. The number of pyridine rings is 1. The third-order valence-corrected chi connectivity index (χ3v) is 3.46. The molecule has 0 aliphatic heterocycles. The van der Waals surface area contributed by atoms with Gasteiger partial charge < -0.3 is 4.74 Å². The van der Waals surface area contributed by atoms with Crippen LogP contribution in [-0.2, 0) is 6.61 Å². The van der Waals surface area contributed by atoms with Gasteiger partial charge in [0.1, 0.15) is 12.4 Å². The first kappa shape index (κ1) is 13.9. The molecule has 19 heavy (non-hydrogen) atoms. The highest BCUT2D eigenvalue weighted by atomic mass is 35.5. The Bertz CT molecular complexity index is 566. The summed E-state index contributed by atoms with van der Waals surface area (Å²) in [5.74, 6) is 1.41. The number of aryl methyl sites for hydroxylation is 1. The van der Waals surface area contributed by atoms with Gasteiger partial charge in [0.2, 0.25) is 0 Å². The molecule has 0 radical (unpaired) electrons. The number of hydrogen-bond acceptors (Lipinski definition) is 2. The van der Waals surface area contributed by atoms with E-state index in [-0.39, 0.29) is 0 Å². The average Bonchev–Trinajstić information content (AvgIpc) is 2.39. The predicted molar refractivity (Wildman–Crippen MR) is 78.8 cm³/mol. The molecule has 0 spiro atoms. The molecule has 2 rings (SSSR count). The molecule has 0 fully saturated rings. The summed E-state index contributed by atoms with van der Waals surface area (Å²) in [6, 6.07) is 8.23. The minimum absolute atomic E-state index is 0.462. The Morgan fingerprint density at radius 2 is 2.05 bits per heavy atom. The molecule has 3 heteroatoms. The van der Waals surface area contributed by atoms with Crippen LogP contribution in [0.1, 0.15) is 36.5 Å². The highest BCUT2D eigenvalue weighted by Gasteiger charge is 2.06. The van der Waals surface area contributed by atoms with E-state index in [0.29, 0.717) is 17.5 Å². The summed E-state index contributed by atoms with van der Waals surface area (Å²) in [5.41, 5.74) is 3.36. The molecule has 0 atom stereocenters. The fraction of sp³-hybridized carbons (Fsp3) is 0.312. The van der Waals surface area contributed by atoms with E-state index >= 15 is 0 Å². The molecule has 0 aliphatic carbocycles. The van der Waals surface area contributed by atoms with Crippen molar-refractivity contribution in [2.45, 2.75) is 33.3 Å². The number of halogens is 1. The van der Waals surface area contributed by atoms with E-state index in [1.807, 2.05) is 13.0 Å². The van der Waals surface area contributed by atoms with Crippen LogP contribution in [-0.4, -0.2) is 4.98 Å². The zero-order chi connectivity index (χ0) is 13.8. The van der Waals surface area contributed by atoms with E-state index < -0.39 is 0 Å². The highest BCUT2D eigenvalue weighted by molar-refractivity contribution is 6.31. The van der Waals surface area contributed by atoms with Crippen LogP contribution in [0, 0.1) is 6.92 Å². The van der Waals surface area contributed by atoms with Crippen molar-refractivity contribution in [3.05, 3.63) is 58.4 Å². The van der Waals surface area contributed by atoms with E-state index in [0.717, 1.165) is 16.9 Å². The molecule has 0 saturated heterocycles. The third-order valence-electron chi connectivity index (χ3n) is 3.12. The lowest BCUT2D eigenvalue weighted by Crippen LogP contribution is -1.99. The van der Waals surface area contributed by atoms with Gasteiger partial charge in [-0.05, 0) is 36.1 Å². The number of hydrogen-bond donors (Lipinski definition) is 0. The Balaban J connectivity index is 2.15. The second-order valence-electron chi connectivity index (χ2n) is 4.94. The molecule has 1 aromatic carbocycles. The predicted octanol–water partition coefficient (Wildman–Crippen LogP) is 4.75. The molecule has 0 amide bonds. The van der Waals surface area contributed by atoms with Crippen molar-refractivity contribution in [1.82, 2.24) is 4.98 Å². The zero-order valence-electron chi connectivity index (χ0n) is 11.5. The Kier molecular flexibility index (Phi) is 4.43. The molecule has 0 aliphatic rings. The Morgan fingerprint density at radius 1 is 1.26 bits per heavy atom. The normalized spacial score (nSPS) is 10.8. The second kappa shape index (κ2) is 6.07. The van der Waals surface area contributed by atoms with Crippen LogP contribution in [0.3, 0.4) is 0 Å². The lowest BCUT2D eigenvalue weighted by molar-refractivity contribution is 0.303. The van der Waals surface area contributed by atoms with E-state index in [2.05, 4.69) is 37.0 Å². The van der Waals surface area contributed by atoms with Gasteiger partial charge in [-0.2, -0.15) is 0 Å². The molecule has 2 nitrogen and oxygen atoms in total. The zero-order valence-corrected chi connectivity index (χ0v) is 12.2. The maximum Gasteiger partial charge on any atom is 0.123 e. The number of rotatable bonds is 4. The van der Waals surface area contributed by atoms with Crippen molar-refractivity contribution < 1.29 is 4.74 Å². The smallest absolute Gasteiger partial charge is 0.123 e. The third kappa shape index (κ3) is 3.48. The average molecular weight is 276 g/mol. The topological polar surface area (TPSA) is 22.1 Å². The summed E-state index contributed by atoms with van der Waals surface area (Å²) in [5, 5.41) is 0.639. The van der Waals surface area contributed by atoms with E-state index in [4.69, 9.17) is 16.3 Å². The molecule has 0 N–H and O–H groups in total. The Hall–Kier alpha value is -1.54. The molecular weight excluding hydrogens is 258 g/mol. The molecular formula is C16H18ClNO. The molecule has 0 bridgehead atoms. The van der Waals surface area contributed by atoms with Gasteiger partial charge in [0.25, 0.3) is 0 Å². The number of aromatic nitrogens is 1. The van der Waals surface area contributed by atoms with Crippen LogP contribution in [0.25, 0.3) is 0 Å². The molecule has 0 unspecified atom stereocenters. The number of benzene rings is 1. The quantitative estimate of drug-likeness (QED) is 0.804. The first-order valence-corrected chi connectivity index (χ1v) is 6.77. The summed E-state index contributed by atoms with van der Waals surface area (Å²) < 4.78 is 5.88. The first-order valence-electron chi connectivity index (χ1n) is 6.39. The maximum atomic E-state index is 6.07. The molecule has 2 aromatic rings. The van der Waals surface area contributed by atoms with Gasteiger partial charge >= 0.3 is 0 Å². The van der Waals surface area contributed by atoms with Gasteiger partial charge in [0.15, 0.2) is 0 Å². The van der Waals surface area contributed by atoms with Gasteiger partial charge in [0.05, 0.1) is 5.02 Å². The van der Waals surface area contributed by atoms with Crippen molar-refractivity contribution >= 4 is 11.6 Å². The van der Waals surface area contributed by atoms with Crippen molar-refractivity contribution in [2.24, 2.45) is 0 Å². The lowest BCUT2D eigenvalue weighted by Gasteiger charge is -2.13. The lowest BCUT2D eigenvalue weighted by atomic mass is 10.0. The van der Waals surface area contributed by atoms with Crippen LogP contribution < -0.4 is 4.74 Å². The standard InChI is InChI=1S/C16H18ClNO/c1-11(2)13-5-4-12(3)16(8-13)19-10-14-6-7-18-9-15(14)17/h4-9,11H,10H2,1-3H3. The summed E-state index contributed by atoms with van der Waals surface area (Å²) in [6.45, 7) is 6.86. The highest BCUT2D eigenvalue weighted by Crippen LogP contribution is 2.25. The minimum atomic E-state index is 0.462. The number of ether oxygens (including phenoxy) is 1. The van der Waals surface area contributed by atoms with Crippen LogP contribution in [0.4, 0.5) is 0 Å².